The minimum absolute atomic E-state index is 0. The molecule has 0 bridgehead atoms. The summed E-state index contributed by atoms with van der Waals surface area (Å²) in [5.41, 5.74) is -3.29. The van der Waals surface area contributed by atoms with Gasteiger partial charge >= 0.3 is 6.18 Å². The molecule has 4 rings (SSSR count). The van der Waals surface area contributed by atoms with Crippen LogP contribution < -0.4 is 0 Å². The molecule has 1 radical (unpaired) electrons. The van der Waals surface area contributed by atoms with Crippen molar-refractivity contribution in [2.45, 2.75) is 120 Å². The van der Waals surface area contributed by atoms with Gasteiger partial charge in [-0.25, -0.2) is 0 Å². The predicted molar refractivity (Wildman–Crippen MR) is 205 cm³/mol. The number of carbonyl (C=O) groups is 1. The molecule has 4 nitrogen and oxygen atoms in total. The van der Waals surface area contributed by atoms with Crippen LogP contribution in [0.3, 0.4) is 0 Å². The number of aryl methyl sites for hydroxylation is 2. The Morgan fingerprint density at radius 3 is 2.08 bits per heavy atom. The fourth-order valence-electron chi connectivity index (χ4n) is 5.79. The summed E-state index contributed by atoms with van der Waals surface area (Å²) in [7, 11) is 0. The number of fused-ring (bicyclic) bond motifs is 1. The third kappa shape index (κ3) is 11.1. The molecule has 285 valence electrons. The van der Waals surface area contributed by atoms with Crippen molar-refractivity contribution in [1.82, 2.24) is 10.2 Å². The van der Waals surface area contributed by atoms with Crippen molar-refractivity contribution in [1.29, 1.82) is 0 Å². The number of rotatable bonds is 11. The van der Waals surface area contributed by atoms with Gasteiger partial charge in [0.2, 0.25) is 0 Å². The van der Waals surface area contributed by atoms with E-state index >= 15 is 0 Å². The number of alkyl halides is 3. The van der Waals surface area contributed by atoms with E-state index in [0.717, 1.165) is 60.2 Å². The Labute approximate surface area is 334 Å². The van der Waals surface area contributed by atoms with E-state index in [1.54, 1.807) is 0 Å². The van der Waals surface area contributed by atoms with Crippen LogP contribution in [-0.2, 0) is 36.7 Å². The Balaban J connectivity index is 0.000000661. The van der Waals surface area contributed by atoms with Gasteiger partial charge in [-0.15, -0.1) is 29.1 Å². The molecule has 3 aromatic carbocycles. The molecule has 8 heteroatoms. The molecule has 1 aromatic heterocycles. The van der Waals surface area contributed by atoms with Gasteiger partial charge in [-0.3, -0.25) is 4.79 Å². The van der Waals surface area contributed by atoms with Gasteiger partial charge < -0.3 is 5.11 Å². The van der Waals surface area contributed by atoms with Gasteiger partial charge in [0, 0.05) is 54.7 Å². The van der Waals surface area contributed by atoms with Crippen LogP contribution in [0.1, 0.15) is 121 Å². The number of allylic oxidation sites excluding steroid dienone is 2. The number of carbonyl (C=O) groups excluding carboxylic acids is 1. The standard InChI is InChI=1S/C31H32F3N2.C13H24O2.Ir/c1-19-14-21(18-30(6,7)31(32,33)34)12-13-24(19)26-17-28(36-35-20(26)2)23-15-22-10-8-9-11-25(22)27(16-23)29(3,4)5;1-5-10(6-2)12(14)9-13(15)11(7-3)8-4;/h8-14,16-17H,18H2,1-7H3;9-11,14H,5-8H2,1-4H3;/q-1;;/b;12-9-;/i1D3,2D3,18D2;;. The number of hydrogen-bond donors (Lipinski definition) is 1. The van der Waals surface area contributed by atoms with Crippen LogP contribution in [0.15, 0.2) is 66.4 Å². The summed E-state index contributed by atoms with van der Waals surface area (Å²) in [4.78, 5) is 11.7. The van der Waals surface area contributed by atoms with E-state index < -0.39 is 48.5 Å². The Hall–Kier alpha value is -3.35. The van der Waals surface area contributed by atoms with Crippen LogP contribution in [0.4, 0.5) is 13.2 Å². The molecule has 52 heavy (non-hydrogen) atoms. The molecule has 1 heterocycles. The first-order valence-electron chi connectivity index (χ1n) is 21.5. The first kappa shape index (κ1) is 33.2. The van der Waals surface area contributed by atoms with E-state index in [-0.39, 0.29) is 65.7 Å². The second-order valence-corrected chi connectivity index (χ2v) is 14.4. The topological polar surface area (TPSA) is 63.1 Å². The summed E-state index contributed by atoms with van der Waals surface area (Å²) in [5.74, 6) is 0.547. The second kappa shape index (κ2) is 18.6. The molecule has 0 aliphatic heterocycles. The first-order valence-corrected chi connectivity index (χ1v) is 17.5. The van der Waals surface area contributed by atoms with Crippen molar-refractivity contribution < 1.29 is 54.1 Å². The molecule has 0 aliphatic carbocycles. The summed E-state index contributed by atoms with van der Waals surface area (Å²) in [6.45, 7) is 9.81. The number of aliphatic hydroxyl groups is 1. The minimum atomic E-state index is -4.95. The van der Waals surface area contributed by atoms with Crippen LogP contribution in [0.25, 0.3) is 33.2 Å². The molecule has 0 aliphatic rings. The zero-order valence-electron chi connectivity index (χ0n) is 39.5. The van der Waals surface area contributed by atoms with Crippen LogP contribution >= 0.6 is 0 Å². The molecule has 0 spiro atoms. The number of halogens is 3. The third-order valence-electron chi connectivity index (χ3n) is 9.21. The summed E-state index contributed by atoms with van der Waals surface area (Å²) in [6, 6.07) is 17.2. The van der Waals surface area contributed by atoms with E-state index in [1.807, 2.05) is 78.8 Å². The smallest absolute Gasteiger partial charge is 0.394 e. The van der Waals surface area contributed by atoms with Crippen molar-refractivity contribution in [3.63, 3.8) is 0 Å². The number of hydrogen-bond acceptors (Lipinski definition) is 4. The molecule has 0 fully saturated rings. The van der Waals surface area contributed by atoms with Crippen molar-refractivity contribution >= 4 is 16.6 Å². The van der Waals surface area contributed by atoms with Crippen LogP contribution in [0.2, 0.25) is 0 Å². The van der Waals surface area contributed by atoms with Crippen molar-refractivity contribution in [2.75, 3.05) is 0 Å². The Kier molecular flexibility index (Phi) is 11.9. The second-order valence-electron chi connectivity index (χ2n) is 14.4. The van der Waals surface area contributed by atoms with E-state index in [0.29, 0.717) is 19.4 Å². The van der Waals surface area contributed by atoms with Gasteiger partial charge in [-0.05, 0) is 73.4 Å². The Morgan fingerprint density at radius 1 is 0.885 bits per heavy atom. The zero-order chi connectivity index (χ0) is 45.1. The van der Waals surface area contributed by atoms with Gasteiger partial charge in [-0.1, -0.05) is 116 Å². The molecule has 4 aromatic rings. The predicted octanol–water partition coefficient (Wildman–Crippen LogP) is 12.7. The summed E-state index contributed by atoms with van der Waals surface area (Å²) < 4.78 is 107. The van der Waals surface area contributed by atoms with Gasteiger partial charge in [0.1, 0.15) is 0 Å². The van der Waals surface area contributed by atoms with E-state index in [9.17, 15) is 23.1 Å². The first-order chi connectivity index (χ1) is 27.0. The third-order valence-corrected chi connectivity index (χ3v) is 9.21. The zero-order valence-corrected chi connectivity index (χ0v) is 33.9. The molecule has 0 atom stereocenters. The number of nitrogens with zero attached hydrogens (tertiary/aromatic N) is 2. The fraction of sp³-hybridized carbons (Fsp3) is 0.477. The molecule has 0 unspecified atom stereocenters. The molecule has 1 N–H and O–H groups in total. The van der Waals surface area contributed by atoms with Crippen LogP contribution in [-0.4, -0.2) is 27.3 Å². The SMILES string of the molecule is CCC(CC)C(=O)/C=C(\O)C(CC)CC.[2H]C([2H])([2H])c1cc(C([2H])([2H])C(C)(C)C(F)(F)F)ccc1-c1cc(-c2[c-]c3ccccc3c(C(C)(C)C)c2)nnc1C([2H])([2H])[2H].[Ir]. The van der Waals surface area contributed by atoms with E-state index in [2.05, 4.69) is 16.3 Å². The maximum Gasteiger partial charge on any atom is 0.394 e. The summed E-state index contributed by atoms with van der Waals surface area (Å²) in [5, 5.41) is 19.7. The average molecular weight is 902 g/mol. The van der Waals surface area contributed by atoms with E-state index in [4.69, 9.17) is 11.0 Å². The monoisotopic (exact) mass is 902 g/mol. The van der Waals surface area contributed by atoms with Gasteiger partial charge in [0.05, 0.1) is 16.9 Å². The minimum Gasteiger partial charge on any atom is -0.512 e. The molecule has 0 saturated carbocycles. The van der Waals surface area contributed by atoms with Gasteiger partial charge in [0.15, 0.2) is 5.78 Å². The number of benzene rings is 3. The fourth-order valence-corrected chi connectivity index (χ4v) is 5.79. The van der Waals surface area contributed by atoms with Gasteiger partial charge in [-0.2, -0.15) is 23.4 Å². The van der Waals surface area contributed by atoms with Gasteiger partial charge in [0.25, 0.3) is 0 Å². The normalized spacial score (nSPS) is 15.5. The Morgan fingerprint density at radius 2 is 1.52 bits per heavy atom. The largest absolute Gasteiger partial charge is 0.512 e. The maximum atomic E-state index is 13.9. The quantitative estimate of drug-likeness (QED) is 0.0925. The van der Waals surface area contributed by atoms with Crippen molar-refractivity contribution in [3.8, 4) is 22.4 Å². The average Bonchev–Trinajstić information content (AvgIpc) is 3.13. The summed E-state index contributed by atoms with van der Waals surface area (Å²) in [6.07, 6.45) is -3.07. The molecular weight excluding hydrogens is 838 g/mol. The number of aromatic nitrogens is 2. The van der Waals surface area contributed by atoms with E-state index in [1.165, 1.54) is 12.1 Å². The van der Waals surface area contributed by atoms with Crippen LogP contribution in [0.5, 0.6) is 0 Å². The molecule has 0 amide bonds. The van der Waals surface area contributed by atoms with Crippen molar-refractivity contribution in [2.24, 2.45) is 17.3 Å². The van der Waals surface area contributed by atoms with Crippen molar-refractivity contribution in [3.05, 3.63) is 94.9 Å². The Bertz CT molecular complexity index is 2140. The maximum absolute atomic E-state index is 13.9. The molecule has 0 saturated heterocycles. The van der Waals surface area contributed by atoms with Crippen LogP contribution in [0, 0.1) is 37.0 Å². The summed E-state index contributed by atoms with van der Waals surface area (Å²) >= 11 is 0. The number of ketones is 1. The molecular formula is C44H56F3IrN2O2-. The number of aliphatic hydroxyl groups excluding tert-OH is 1.